The van der Waals surface area contributed by atoms with Crippen LogP contribution in [0.2, 0.25) is 0 Å². The number of carboxylic acid groups (broad SMARTS) is 1. The van der Waals surface area contributed by atoms with Gasteiger partial charge in [0.2, 0.25) is 0 Å². The number of rotatable bonds is 4. The van der Waals surface area contributed by atoms with E-state index >= 15 is 0 Å². The van der Waals surface area contributed by atoms with Gasteiger partial charge in [0.15, 0.2) is 0 Å². The lowest BCUT2D eigenvalue weighted by molar-refractivity contribution is 0.0697. The number of carbonyl (C=O) groups is 1. The molecule has 0 aromatic heterocycles. The molecule has 1 aliphatic heterocycles. The van der Waals surface area contributed by atoms with Crippen molar-refractivity contribution in [3.05, 3.63) is 29.8 Å². The molecule has 1 aliphatic rings. The van der Waals surface area contributed by atoms with E-state index in [-0.39, 0.29) is 0 Å². The van der Waals surface area contributed by atoms with Crippen LogP contribution in [0.4, 0.5) is 5.69 Å². The molecule has 98 valence electrons. The summed E-state index contributed by atoms with van der Waals surface area (Å²) in [5.74, 6) is -0.868. The molecule has 0 spiro atoms. The second-order valence-corrected chi connectivity index (χ2v) is 5.10. The Morgan fingerprint density at radius 1 is 1.39 bits per heavy atom. The maximum Gasteiger partial charge on any atom is 0.335 e. The number of carboxylic acids is 1. The molecule has 2 rings (SSSR count). The first-order valence-electron chi connectivity index (χ1n) is 6.32. The third kappa shape index (κ3) is 2.82. The summed E-state index contributed by atoms with van der Waals surface area (Å²) in [5, 5.41) is 8.89. The minimum Gasteiger partial charge on any atom is -0.478 e. The SMILES string of the molecule is CN(C)CC1CCCN1c1ccc(C(=O)O)cc1. The number of aromatic carboxylic acids is 1. The van der Waals surface area contributed by atoms with E-state index in [1.54, 1.807) is 12.1 Å². The van der Waals surface area contributed by atoms with E-state index < -0.39 is 5.97 Å². The molecule has 0 aliphatic carbocycles. The van der Waals surface area contributed by atoms with Crippen molar-refractivity contribution in [1.82, 2.24) is 4.90 Å². The Bertz CT molecular complexity index is 414. The van der Waals surface area contributed by atoms with Gasteiger partial charge in [-0.05, 0) is 51.2 Å². The highest BCUT2D eigenvalue weighted by atomic mass is 16.4. The van der Waals surface area contributed by atoms with E-state index in [4.69, 9.17) is 5.11 Å². The second-order valence-electron chi connectivity index (χ2n) is 5.10. The van der Waals surface area contributed by atoms with Crippen LogP contribution in [0.1, 0.15) is 23.2 Å². The average Bonchev–Trinajstić information content (AvgIpc) is 2.76. The smallest absolute Gasteiger partial charge is 0.335 e. The van der Waals surface area contributed by atoms with Gasteiger partial charge < -0.3 is 14.9 Å². The molecule has 0 radical (unpaired) electrons. The van der Waals surface area contributed by atoms with Gasteiger partial charge in [-0.2, -0.15) is 0 Å². The first-order valence-corrected chi connectivity index (χ1v) is 6.32. The number of benzene rings is 1. The van der Waals surface area contributed by atoms with Crippen molar-refractivity contribution in [2.24, 2.45) is 0 Å². The molecule has 0 saturated carbocycles. The second kappa shape index (κ2) is 5.40. The summed E-state index contributed by atoms with van der Waals surface area (Å²) < 4.78 is 0. The number of hydrogen-bond acceptors (Lipinski definition) is 3. The van der Waals surface area contributed by atoms with Crippen LogP contribution in [0.25, 0.3) is 0 Å². The zero-order chi connectivity index (χ0) is 13.1. The summed E-state index contributed by atoms with van der Waals surface area (Å²) in [5.41, 5.74) is 1.48. The standard InChI is InChI=1S/C14H20N2O2/c1-15(2)10-13-4-3-9-16(13)12-7-5-11(6-8-12)14(17)18/h5-8,13H,3-4,9-10H2,1-2H3,(H,17,18). The molecule has 1 aromatic rings. The Hall–Kier alpha value is -1.55. The molecule has 1 fully saturated rings. The molecule has 1 unspecified atom stereocenters. The van der Waals surface area contributed by atoms with Gasteiger partial charge in [-0.25, -0.2) is 4.79 Å². The summed E-state index contributed by atoms with van der Waals surface area (Å²) in [6.45, 7) is 2.10. The lowest BCUT2D eigenvalue weighted by Gasteiger charge is -2.29. The summed E-state index contributed by atoms with van der Waals surface area (Å²) in [6, 6.07) is 7.73. The van der Waals surface area contributed by atoms with Crippen molar-refractivity contribution in [2.75, 3.05) is 32.1 Å². The molecule has 4 nitrogen and oxygen atoms in total. The monoisotopic (exact) mass is 248 g/mol. The maximum atomic E-state index is 10.8. The largest absolute Gasteiger partial charge is 0.478 e. The number of anilines is 1. The van der Waals surface area contributed by atoms with E-state index in [1.165, 1.54) is 12.8 Å². The molecular formula is C14H20N2O2. The predicted octanol–water partition coefficient (Wildman–Crippen LogP) is 1.92. The van der Waals surface area contributed by atoms with E-state index in [0.717, 1.165) is 18.8 Å². The normalized spacial score (nSPS) is 19.5. The van der Waals surface area contributed by atoms with E-state index in [1.807, 2.05) is 12.1 Å². The van der Waals surface area contributed by atoms with E-state index in [9.17, 15) is 4.79 Å². The van der Waals surface area contributed by atoms with Crippen LogP contribution in [-0.4, -0.2) is 49.2 Å². The third-order valence-electron chi connectivity index (χ3n) is 3.40. The average molecular weight is 248 g/mol. The van der Waals surface area contributed by atoms with Crippen LogP contribution in [-0.2, 0) is 0 Å². The topological polar surface area (TPSA) is 43.8 Å². The number of nitrogens with zero attached hydrogens (tertiary/aromatic N) is 2. The summed E-state index contributed by atoms with van der Waals surface area (Å²) in [6.07, 6.45) is 2.41. The van der Waals surface area contributed by atoms with Crippen molar-refractivity contribution >= 4 is 11.7 Å². The number of likely N-dealkylation sites (N-methyl/N-ethyl adjacent to an activating group) is 1. The Balaban J connectivity index is 2.12. The maximum absolute atomic E-state index is 10.8. The third-order valence-corrected chi connectivity index (χ3v) is 3.40. The zero-order valence-corrected chi connectivity index (χ0v) is 11.0. The summed E-state index contributed by atoms with van der Waals surface area (Å²) in [4.78, 5) is 15.4. The molecule has 4 heteroatoms. The van der Waals surface area contributed by atoms with Gasteiger partial charge in [-0.3, -0.25) is 0 Å². The van der Waals surface area contributed by atoms with Crippen molar-refractivity contribution < 1.29 is 9.90 Å². The van der Waals surface area contributed by atoms with Crippen molar-refractivity contribution in [3.8, 4) is 0 Å². The van der Waals surface area contributed by atoms with Crippen LogP contribution < -0.4 is 4.90 Å². The van der Waals surface area contributed by atoms with Crippen LogP contribution >= 0.6 is 0 Å². The van der Waals surface area contributed by atoms with E-state index in [2.05, 4.69) is 23.9 Å². The van der Waals surface area contributed by atoms with Crippen LogP contribution in [0.15, 0.2) is 24.3 Å². The predicted molar refractivity (Wildman–Crippen MR) is 72.3 cm³/mol. The van der Waals surface area contributed by atoms with Gasteiger partial charge in [0.1, 0.15) is 0 Å². The molecule has 18 heavy (non-hydrogen) atoms. The molecule has 0 bridgehead atoms. The highest BCUT2D eigenvalue weighted by Crippen LogP contribution is 2.26. The fourth-order valence-corrected chi connectivity index (χ4v) is 2.58. The molecule has 1 heterocycles. The quantitative estimate of drug-likeness (QED) is 0.884. The van der Waals surface area contributed by atoms with E-state index in [0.29, 0.717) is 11.6 Å². The molecule has 1 saturated heterocycles. The van der Waals surface area contributed by atoms with Gasteiger partial charge in [0.05, 0.1) is 5.56 Å². The molecule has 0 amide bonds. The van der Waals surface area contributed by atoms with Crippen LogP contribution in [0.3, 0.4) is 0 Å². The van der Waals surface area contributed by atoms with Crippen molar-refractivity contribution in [2.45, 2.75) is 18.9 Å². The minimum atomic E-state index is -0.868. The summed E-state index contributed by atoms with van der Waals surface area (Å²) >= 11 is 0. The lowest BCUT2D eigenvalue weighted by atomic mass is 10.1. The highest BCUT2D eigenvalue weighted by molar-refractivity contribution is 5.88. The number of hydrogen-bond donors (Lipinski definition) is 1. The zero-order valence-electron chi connectivity index (χ0n) is 11.0. The van der Waals surface area contributed by atoms with Crippen molar-refractivity contribution in [1.29, 1.82) is 0 Å². The minimum absolute atomic E-state index is 0.349. The Morgan fingerprint density at radius 3 is 2.61 bits per heavy atom. The van der Waals surface area contributed by atoms with Gasteiger partial charge in [-0.15, -0.1) is 0 Å². The first kappa shape index (κ1) is 12.9. The first-order chi connectivity index (χ1) is 8.58. The molecule has 1 N–H and O–H groups in total. The van der Waals surface area contributed by atoms with Crippen LogP contribution in [0, 0.1) is 0 Å². The molecular weight excluding hydrogens is 228 g/mol. The van der Waals surface area contributed by atoms with Gasteiger partial charge in [0.25, 0.3) is 0 Å². The Labute approximate surface area is 108 Å². The van der Waals surface area contributed by atoms with Crippen molar-refractivity contribution in [3.63, 3.8) is 0 Å². The lowest BCUT2D eigenvalue weighted by Crippen LogP contribution is -2.37. The Morgan fingerprint density at radius 2 is 2.06 bits per heavy atom. The van der Waals surface area contributed by atoms with Crippen LogP contribution in [0.5, 0.6) is 0 Å². The van der Waals surface area contributed by atoms with Gasteiger partial charge >= 0.3 is 5.97 Å². The molecule has 1 atom stereocenters. The fourth-order valence-electron chi connectivity index (χ4n) is 2.58. The summed E-state index contributed by atoms with van der Waals surface area (Å²) in [7, 11) is 4.17. The molecule has 1 aromatic carbocycles. The Kier molecular flexibility index (Phi) is 3.87. The highest BCUT2D eigenvalue weighted by Gasteiger charge is 2.25. The van der Waals surface area contributed by atoms with Gasteiger partial charge in [0, 0.05) is 24.8 Å². The fraction of sp³-hybridized carbons (Fsp3) is 0.500. The van der Waals surface area contributed by atoms with Gasteiger partial charge in [-0.1, -0.05) is 0 Å².